The average Bonchev–Trinajstić information content (AvgIpc) is 2.73. The van der Waals surface area contributed by atoms with Crippen LogP contribution in [0.3, 0.4) is 0 Å². The monoisotopic (exact) mass is 303 g/mol. The van der Waals surface area contributed by atoms with Crippen LogP contribution in [0, 0.1) is 0 Å². The molecule has 2 heterocycles. The van der Waals surface area contributed by atoms with Gasteiger partial charge in [-0.3, -0.25) is 4.79 Å². The van der Waals surface area contributed by atoms with Crippen molar-refractivity contribution in [1.82, 2.24) is 15.2 Å². The van der Waals surface area contributed by atoms with E-state index in [1.165, 1.54) is 18.3 Å². The van der Waals surface area contributed by atoms with Crippen LogP contribution in [0.15, 0.2) is 18.3 Å². The summed E-state index contributed by atoms with van der Waals surface area (Å²) in [6.45, 7) is 1.07. The van der Waals surface area contributed by atoms with Crippen molar-refractivity contribution in [3.63, 3.8) is 0 Å². The van der Waals surface area contributed by atoms with Crippen LogP contribution in [0.4, 0.5) is 13.2 Å². The zero-order valence-corrected chi connectivity index (χ0v) is 11.3. The highest BCUT2D eigenvalue weighted by atomic mass is 19.4. The normalized spacial score (nSPS) is 16.4. The number of amides is 1. The Kier molecular flexibility index (Phi) is 5.00. The number of hydrogen-bond acceptors (Lipinski definition) is 4. The Labute approximate surface area is 120 Å². The number of carbonyl (C=O) groups excluding carboxylic acids is 1. The second kappa shape index (κ2) is 6.75. The van der Waals surface area contributed by atoms with Gasteiger partial charge in [-0.15, -0.1) is 0 Å². The predicted octanol–water partition coefficient (Wildman–Crippen LogP) is 1.46. The summed E-state index contributed by atoms with van der Waals surface area (Å²) in [4.78, 5) is 17.7. The lowest BCUT2D eigenvalue weighted by Crippen LogP contribution is -2.34. The minimum Gasteiger partial charge on any atom is -0.467 e. The number of hydrogen-bond donors (Lipinski definition) is 1. The summed E-state index contributed by atoms with van der Waals surface area (Å²) in [5.41, 5.74) is 0.0589. The molecule has 8 heteroatoms. The van der Waals surface area contributed by atoms with E-state index in [9.17, 15) is 18.0 Å². The lowest BCUT2D eigenvalue weighted by molar-refractivity contribution is -0.154. The van der Waals surface area contributed by atoms with Gasteiger partial charge in [0.25, 0.3) is 5.91 Å². The van der Waals surface area contributed by atoms with Gasteiger partial charge in [-0.2, -0.15) is 13.2 Å². The lowest BCUT2D eigenvalue weighted by Gasteiger charge is -2.21. The van der Waals surface area contributed by atoms with Crippen LogP contribution in [0.2, 0.25) is 0 Å². The lowest BCUT2D eigenvalue weighted by atomic mass is 10.2. The Morgan fingerprint density at radius 1 is 1.38 bits per heavy atom. The molecule has 1 amide bonds. The van der Waals surface area contributed by atoms with Crippen molar-refractivity contribution in [3.05, 3.63) is 23.9 Å². The molecule has 1 aliphatic rings. The van der Waals surface area contributed by atoms with Crippen LogP contribution in [0.25, 0.3) is 0 Å². The summed E-state index contributed by atoms with van der Waals surface area (Å²) in [5.74, 6) is -0.638. The van der Waals surface area contributed by atoms with Crippen LogP contribution in [0.1, 0.15) is 16.8 Å². The van der Waals surface area contributed by atoms with Crippen LogP contribution >= 0.6 is 0 Å². The van der Waals surface area contributed by atoms with Crippen LogP contribution in [0.5, 0.6) is 5.88 Å². The molecule has 0 aromatic carbocycles. The third kappa shape index (κ3) is 4.59. The Morgan fingerprint density at radius 3 is 2.95 bits per heavy atom. The van der Waals surface area contributed by atoms with Gasteiger partial charge < -0.3 is 15.0 Å². The van der Waals surface area contributed by atoms with E-state index in [-0.39, 0.29) is 17.4 Å². The summed E-state index contributed by atoms with van der Waals surface area (Å²) >= 11 is 0. The SMILES string of the molecule is O=C(c1cccnc1OCC(F)(F)F)N1CCCNCC1. The zero-order chi connectivity index (χ0) is 15.3. The molecular weight excluding hydrogens is 287 g/mol. The number of nitrogens with one attached hydrogen (secondary N) is 1. The first-order valence-corrected chi connectivity index (χ1v) is 6.62. The minimum absolute atomic E-state index is 0.0589. The topological polar surface area (TPSA) is 54.5 Å². The standard InChI is InChI=1S/C13H16F3N3O2/c14-13(15,16)9-21-11-10(3-1-5-18-11)12(20)19-7-2-4-17-6-8-19/h1,3,5,17H,2,4,6-9H2. The van der Waals surface area contributed by atoms with Crippen molar-refractivity contribution in [2.75, 3.05) is 32.8 Å². The number of ether oxygens (including phenoxy) is 1. The number of alkyl halides is 3. The number of aromatic nitrogens is 1. The molecule has 0 saturated carbocycles. The molecule has 21 heavy (non-hydrogen) atoms. The van der Waals surface area contributed by atoms with Crippen LogP contribution < -0.4 is 10.1 Å². The van der Waals surface area contributed by atoms with Crippen molar-refractivity contribution in [2.45, 2.75) is 12.6 Å². The summed E-state index contributed by atoms with van der Waals surface area (Å²) in [6.07, 6.45) is -2.37. The van der Waals surface area contributed by atoms with E-state index in [1.807, 2.05) is 0 Å². The largest absolute Gasteiger partial charge is 0.467 e. The molecule has 2 rings (SSSR count). The smallest absolute Gasteiger partial charge is 0.422 e. The summed E-state index contributed by atoms with van der Waals surface area (Å²) in [7, 11) is 0. The first kappa shape index (κ1) is 15.6. The van der Waals surface area contributed by atoms with Crippen molar-refractivity contribution < 1.29 is 22.7 Å². The molecule has 0 atom stereocenters. The molecule has 0 spiro atoms. The van der Waals surface area contributed by atoms with E-state index in [4.69, 9.17) is 0 Å². The highest BCUT2D eigenvalue weighted by Gasteiger charge is 2.30. The Hall–Kier alpha value is -1.83. The van der Waals surface area contributed by atoms with Crippen molar-refractivity contribution >= 4 is 5.91 Å². The molecule has 0 unspecified atom stereocenters. The maximum Gasteiger partial charge on any atom is 0.422 e. The van der Waals surface area contributed by atoms with E-state index >= 15 is 0 Å². The molecule has 1 saturated heterocycles. The van der Waals surface area contributed by atoms with Crippen molar-refractivity contribution in [1.29, 1.82) is 0 Å². The van der Waals surface area contributed by atoms with Gasteiger partial charge in [0.15, 0.2) is 6.61 Å². The number of nitrogens with zero attached hydrogens (tertiary/aromatic N) is 2. The molecule has 0 radical (unpaired) electrons. The van der Waals surface area contributed by atoms with Crippen molar-refractivity contribution in [2.24, 2.45) is 0 Å². The predicted molar refractivity (Wildman–Crippen MR) is 69.2 cm³/mol. The molecule has 1 fully saturated rings. The first-order valence-electron chi connectivity index (χ1n) is 6.62. The number of pyridine rings is 1. The van der Waals surface area contributed by atoms with Gasteiger partial charge in [0.05, 0.1) is 0 Å². The Balaban J connectivity index is 2.12. The second-order valence-corrected chi connectivity index (χ2v) is 4.66. The van der Waals surface area contributed by atoms with Crippen LogP contribution in [-0.4, -0.2) is 54.8 Å². The summed E-state index contributed by atoms with van der Waals surface area (Å²) in [5, 5.41) is 3.15. The third-order valence-electron chi connectivity index (χ3n) is 3.00. The fourth-order valence-corrected chi connectivity index (χ4v) is 2.04. The molecule has 0 aliphatic carbocycles. The van der Waals surface area contributed by atoms with Gasteiger partial charge in [0.2, 0.25) is 5.88 Å². The Bertz CT molecular complexity index is 486. The highest BCUT2D eigenvalue weighted by Crippen LogP contribution is 2.21. The molecule has 5 nitrogen and oxygen atoms in total. The highest BCUT2D eigenvalue weighted by molar-refractivity contribution is 5.96. The Morgan fingerprint density at radius 2 is 2.19 bits per heavy atom. The molecule has 1 aliphatic heterocycles. The molecule has 1 N–H and O–H groups in total. The van der Waals surface area contributed by atoms with E-state index in [0.717, 1.165) is 13.0 Å². The number of rotatable bonds is 3. The molecule has 1 aromatic rings. The summed E-state index contributed by atoms with van der Waals surface area (Å²) in [6, 6.07) is 2.93. The van der Waals surface area contributed by atoms with Gasteiger partial charge in [0, 0.05) is 25.8 Å². The molecular formula is C13H16F3N3O2. The van der Waals surface area contributed by atoms with E-state index in [2.05, 4.69) is 15.0 Å². The molecule has 116 valence electrons. The number of carbonyl (C=O) groups is 1. The fourth-order valence-electron chi connectivity index (χ4n) is 2.04. The minimum atomic E-state index is -4.47. The average molecular weight is 303 g/mol. The van der Waals surface area contributed by atoms with E-state index in [0.29, 0.717) is 19.6 Å². The van der Waals surface area contributed by atoms with E-state index < -0.39 is 12.8 Å². The second-order valence-electron chi connectivity index (χ2n) is 4.66. The van der Waals surface area contributed by atoms with Gasteiger partial charge in [-0.25, -0.2) is 4.98 Å². The fraction of sp³-hybridized carbons (Fsp3) is 0.538. The van der Waals surface area contributed by atoms with Gasteiger partial charge in [-0.1, -0.05) is 0 Å². The maximum atomic E-state index is 12.4. The quantitative estimate of drug-likeness (QED) is 0.918. The van der Waals surface area contributed by atoms with Gasteiger partial charge in [0.1, 0.15) is 5.56 Å². The van der Waals surface area contributed by atoms with Crippen LogP contribution in [-0.2, 0) is 0 Å². The third-order valence-corrected chi connectivity index (χ3v) is 3.00. The first-order chi connectivity index (χ1) is 9.97. The summed E-state index contributed by atoms with van der Waals surface area (Å²) < 4.78 is 41.3. The zero-order valence-electron chi connectivity index (χ0n) is 11.3. The molecule has 0 bridgehead atoms. The number of halogens is 3. The van der Waals surface area contributed by atoms with Gasteiger partial charge >= 0.3 is 6.18 Å². The molecule has 1 aromatic heterocycles. The maximum absolute atomic E-state index is 12.4. The van der Waals surface area contributed by atoms with Gasteiger partial charge in [-0.05, 0) is 25.1 Å². The van der Waals surface area contributed by atoms with Crippen molar-refractivity contribution in [3.8, 4) is 5.88 Å². The van der Waals surface area contributed by atoms with E-state index in [1.54, 1.807) is 4.90 Å².